The summed E-state index contributed by atoms with van der Waals surface area (Å²) < 4.78 is 54.4. The van der Waals surface area contributed by atoms with E-state index in [9.17, 15) is 22.0 Å². The first-order chi connectivity index (χ1) is 15.8. The van der Waals surface area contributed by atoms with Gasteiger partial charge in [-0.15, -0.1) is 0 Å². The Kier molecular flexibility index (Phi) is 6.96. The van der Waals surface area contributed by atoms with Gasteiger partial charge in [0.15, 0.2) is 4.90 Å². The Hall–Kier alpha value is -2.56. The van der Waals surface area contributed by atoms with Gasteiger partial charge in [-0.2, -0.15) is 4.31 Å². The van der Waals surface area contributed by atoms with Crippen molar-refractivity contribution in [2.75, 3.05) is 56.0 Å². The molecule has 4 rings (SSSR count). The third-order valence-corrected chi connectivity index (χ3v) is 8.09. The zero-order valence-corrected chi connectivity index (χ0v) is 19.4. The molecule has 2 heterocycles. The van der Waals surface area contributed by atoms with Crippen LogP contribution in [0.5, 0.6) is 0 Å². The SMILES string of the molecule is Cc1cc(NC(=O)CN2CCN(S(=O)(=O)c3c(F)cccc3F)CC2)ccc1N1CCCC1. The lowest BCUT2D eigenvalue weighted by Gasteiger charge is -2.33. The van der Waals surface area contributed by atoms with Crippen molar-refractivity contribution in [3.05, 3.63) is 53.6 Å². The largest absolute Gasteiger partial charge is 0.371 e. The molecule has 7 nitrogen and oxygen atoms in total. The number of piperazine rings is 1. The highest BCUT2D eigenvalue weighted by Crippen LogP contribution is 2.27. The number of benzene rings is 2. The van der Waals surface area contributed by atoms with E-state index in [-0.39, 0.29) is 38.6 Å². The minimum atomic E-state index is -4.29. The molecule has 0 aromatic heterocycles. The topological polar surface area (TPSA) is 73.0 Å². The van der Waals surface area contributed by atoms with Crippen molar-refractivity contribution >= 4 is 27.3 Å². The van der Waals surface area contributed by atoms with Crippen LogP contribution >= 0.6 is 0 Å². The molecular formula is C23H28F2N4O3S. The molecule has 2 aromatic rings. The molecule has 0 aliphatic carbocycles. The highest BCUT2D eigenvalue weighted by molar-refractivity contribution is 7.89. The normalized spacial score (nSPS) is 18.0. The standard InChI is InChI=1S/C23H28F2N4O3S/c1-17-15-18(7-8-21(17)28-9-2-3-10-28)26-22(30)16-27-11-13-29(14-12-27)33(31,32)23-19(24)5-4-6-20(23)25/h4-8,15H,2-3,9-14,16H2,1H3,(H,26,30). The maximum atomic E-state index is 14.0. The van der Waals surface area contributed by atoms with E-state index in [0.29, 0.717) is 0 Å². The number of halogens is 2. The zero-order valence-electron chi connectivity index (χ0n) is 18.6. The molecule has 2 aromatic carbocycles. The quantitative estimate of drug-likeness (QED) is 0.691. The van der Waals surface area contributed by atoms with Crippen molar-refractivity contribution in [3.63, 3.8) is 0 Å². The Morgan fingerprint density at radius 1 is 0.970 bits per heavy atom. The highest BCUT2D eigenvalue weighted by Gasteiger charge is 2.33. The van der Waals surface area contributed by atoms with Crippen LogP contribution in [0.25, 0.3) is 0 Å². The van der Waals surface area contributed by atoms with Crippen LogP contribution in [0.15, 0.2) is 41.3 Å². The van der Waals surface area contributed by atoms with E-state index in [1.165, 1.54) is 18.5 Å². The molecule has 0 spiro atoms. The molecule has 2 aliphatic rings. The number of nitrogens with one attached hydrogen (secondary N) is 1. The van der Waals surface area contributed by atoms with Crippen LogP contribution in [0.3, 0.4) is 0 Å². The van der Waals surface area contributed by atoms with Gasteiger partial charge in [-0.25, -0.2) is 17.2 Å². The molecule has 10 heteroatoms. The Morgan fingerprint density at radius 2 is 1.61 bits per heavy atom. The van der Waals surface area contributed by atoms with Gasteiger partial charge in [0.2, 0.25) is 15.9 Å². The number of amides is 1. The van der Waals surface area contributed by atoms with Crippen LogP contribution < -0.4 is 10.2 Å². The van der Waals surface area contributed by atoms with Gasteiger partial charge in [0, 0.05) is 50.6 Å². The van der Waals surface area contributed by atoms with Crippen molar-refractivity contribution in [3.8, 4) is 0 Å². The van der Waals surface area contributed by atoms with Crippen molar-refractivity contribution in [2.45, 2.75) is 24.7 Å². The van der Waals surface area contributed by atoms with E-state index >= 15 is 0 Å². The van der Waals surface area contributed by atoms with Gasteiger partial charge in [0.05, 0.1) is 6.54 Å². The number of nitrogens with zero attached hydrogens (tertiary/aromatic N) is 3. The molecular weight excluding hydrogens is 450 g/mol. The van der Waals surface area contributed by atoms with E-state index in [2.05, 4.69) is 10.2 Å². The van der Waals surface area contributed by atoms with Crippen molar-refractivity contribution in [2.24, 2.45) is 0 Å². The van der Waals surface area contributed by atoms with E-state index < -0.39 is 26.6 Å². The summed E-state index contributed by atoms with van der Waals surface area (Å²) in [5.74, 6) is -2.41. The minimum absolute atomic E-state index is 0.0486. The third-order valence-electron chi connectivity index (χ3n) is 6.14. The maximum Gasteiger partial charge on any atom is 0.249 e. The fraction of sp³-hybridized carbons (Fsp3) is 0.435. The molecule has 0 unspecified atom stereocenters. The summed E-state index contributed by atoms with van der Waals surface area (Å²) in [6.45, 7) is 4.91. The Balaban J connectivity index is 1.32. The average molecular weight is 479 g/mol. The molecule has 0 saturated carbocycles. The fourth-order valence-electron chi connectivity index (χ4n) is 4.44. The monoisotopic (exact) mass is 478 g/mol. The second kappa shape index (κ2) is 9.74. The Bertz CT molecular complexity index is 1110. The number of rotatable bonds is 6. The molecule has 2 saturated heterocycles. The van der Waals surface area contributed by atoms with Crippen LogP contribution in [0.2, 0.25) is 0 Å². The smallest absolute Gasteiger partial charge is 0.249 e. The van der Waals surface area contributed by atoms with Gasteiger partial charge >= 0.3 is 0 Å². The maximum absolute atomic E-state index is 14.0. The van der Waals surface area contributed by atoms with Crippen LogP contribution in [0.4, 0.5) is 20.2 Å². The summed E-state index contributed by atoms with van der Waals surface area (Å²) in [6, 6.07) is 8.86. The molecule has 178 valence electrons. The first-order valence-corrected chi connectivity index (χ1v) is 12.5. The second-order valence-corrected chi connectivity index (χ2v) is 10.3. The summed E-state index contributed by atoms with van der Waals surface area (Å²) in [7, 11) is -4.29. The van der Waals surface area contributed by atoms with E-state index in [1.54, 1.807) is 0 Å². The second-order valence-electron chi connectivity index (χ2n) is 8.47. The highest BCUT2D eigenvalue weighted by atomic mass is 32.2. The summed E-state index contributed by atoms with van der Waals surface area (Å²) in [5.41, 5.74) is 3.01. The number of carbonyl (C=O) groups excluding carboxylic acids is 1. The van der Waals surface area contributed by atoms with Crippen molar-refractivity contribution in [1.29, 1.82) is 0 Å². The fourth-order valence-corrected chi connectivity index (χ4v) is 5.97. The van der Waals surface area contributed by atoms with Gasteiger partial charge in [-0.1, -0.05) is 6.07 Å². The summed E-state index contributed by atoms with van der Waals surface area (Å²) in [4.78, 5) is 15.8. The molecule has 2 fully saturated rings. The van der Waals surface area contributed by atoms with Gasteiger partial charge in [0.1, 0.15) is 11.6 Å². The third kappa shape index (κ3) is 5.18. The van der Waals surface area contributed by atoms with Gasteiger partial charge in [-0.3, -0.25) is 9.69 Å². The predicted octanol–water partition coefficient (Wildman–Crippen LogP) is 2.82. The Morgan fingerprint density at radius 3 is 2.21 bits per heavy atom. The predicted molar refractivity (Wildman–Crippen MR) is 123 cm³/mol. The molecule has 0 radical (unpaired) electrons. The van der Waals surface area contributed by atoms with Gasteiger partial charge < -0.3 is 10.2 Å². The lowest BCUT2D eigenvalue weighted by Crippen LogP contribution is -2.50. The van der Waals surface area contributed by atoms with Crippen molar-refractivity contribution < 1.29 is 22.0 Å². The van der Waals surface area contributed by atoms with Crippen LogP contribution in [0, 0.1) is 18.6 Å². The Labute approximate surface area is 193 Å². The molecule has 1 amide bonds. The molecule has 2 aliphatic heterocycles. The summed E-state index contributed by atoms with van der Waals surface area (Å²) in [5, 5.41) is 2.90. The van der Waals surface area contributed by atoms with Gasteiger partial charge in [-0.05, 0) is 55.7 Å². The molecule has 0 bridgehead atoms. The van der Waals surface area contributed by atoms with E-state index in [4.69, 9.17) is 0 Å². The molecule has 1 N–H and O–H groups in total. The number of hydrogen-bond donors (Lipinski definition) is 1. The lowest BCUT2D eigenvalue weighted by atomic mass is 10.1. The number of anilines is 2. The van der Waals surface area contributed by atoms with E-state index in [1.807, 2.05) is 30.0 Å². The molecule has 33 heavy (non-hydrogen) atoms. The van der Waals surface area contributed by atoms with E-state index in [0.717, 1.165) is 46.8 Å². The number of aryl methyl sites for hydroxylation is 1. The minimum Gasteiger partial charge on any atom is -0.371 e. The van der Waals surface area contributed by atoms with Crippen molar-refractivity contribution in [1.82, 2.24) is 9.21 Å². The van der Waals surface area contributed by atoms with Gasteiger partial charge in [0.25, 0.3) is 0 Å². The number of carbonyl (C=O) groups is 1. The summed E-state index contributed by atoms with van der Waals surface area (Å²) in [6.07, 6.45) is 2.39. The summed E-state index contributed by atoms with van der Waals surface area (Å²) >= 11 is 0. The van der Waals surface area contributed by atoms with Crippen LogP contribution in [-0.4, -0.2) is 69.3 Å². The van der Waals surface area contributed by atoms with Crippen LogP contribution in [-0.2, 0) is 14.8 Å². The number of hydrogen-bond acceptors (Lipinski definition) is 5. The zero-order chi connectivity index (χ0) is 23.6. The average Bonchev–Trinajstić information content (AvgIpc) is 3.28. The first-order valence-electron chi connectivity index (χ1n) is 11.1. The van der Waals surface area contributed by atoms with Crippen LogP contribution in [0.1, 0.15) is 18.4 Å². The lowest BCUT2D eigenvalue weighted by molar-refractivity contribution is -0.117. The number of sulfonamides is 1. The molecule has 0 atom stereocenters. The first kappa shape index (κ1) is 23.6.